The molecule has 0 fully saturated rings. The molecular formula is C16H22FN3. The zero-order valence-electron chi connectivity index (χ0n) is 12.4. The Balaban J connectivity index is 1.76. The molecule has 1 heterocycles. The van der Waals surface area contributed by atoms with E-state index in [9.17, 15) is 4.39 Å². The number of rotatable bonds is 6. The van der Waals surface area contributed by atoms with Gasteiger partial charge >= 0.3 is 0 Å². The van der Waals surface area contributed by atoms with Crippen LogP contribution < -0.4 is 5.32 Å². The molecule has 0 saturated heterocycles. The van der Waals surface area contributed by atoms with Gasteiger partial charge in [-0.05, 0) is 57.5 Å². The van der Waals surface area contributed by atoms with Gasteiger partial charge in [0, 0.05) is 11.7 Å². The van der Waals surface area contributed by atoms with Crippen LogP contribution in [0.3, 0.4) is 0 Å². The van der Waals surface area contributed by atoms with E-state index in [1.54, 1.807) is 0 Å². The minimum atomic E-state index is -0.181. The van der Waals surface area contributed by atoms with Crippen molar-refractivity contribution in [1.82, 2.24) is 15.1 Å². The molecule has 2 aromatic rings. The molecule has 1 aromatic carbocycles. The number of halogens is 1. The molecule has 1 N–H and O–H groups in total. The lowest BCUT2D eigenvalue weighted by Crippen LogP contribution is -2.32. The SMILES string of the molecule is Cc1cc(C)n(CC(C)NCCc2ccc(F)cc2)n1. The molecule has 0 aliphatic carbocycles. The highest BCUT2D eigenvalue weighted by Gasteiger charge is 2.06. The van der Waals surface area contributed by atoms with Crippen LogP contribution in [0.25, 0.3) is 0 Å². The Morgan fingerprint density at radius 1 is 1.25 bits per heavy atom. The zero-order valence-corrected chi connectivity index (χ0v) is 12.4. The molecule has 0 saturated carbocycles. The van der Waals surface area contributed by atoms with E-state index < -0.39 is 0 Å². The van der Waals surface area contributed by atoms with E-state index in [0.717, 1.165) is 30.8 Å². The fourth-order valence-corrected chi connectivity index (χ4v) is 2.30. The normalized spacial score (nSPS) is 12.6. The Bertz CT molecular complexity index is 545. The maximum Gasteiger partial charge on any atom is 0.123 e. The summed E-state index contributed by atoms with van der Waals surface area (Å²) < 4.78 is 14.8. The monoisotopic (exact) mass is 275 g/mol. The van der Waals surface area contributed by atoms with E-state index in [2.05, 4.69) is 30.3 Å². The molecule has 0 aliphatic heterocycles. The third-order valence-electron chi connectivity index (χ3n) is 3.37. The minimum Gasteiger partial charge on any atom is -0.312 e. The van der Waals surface area contributed by atoms with Crippen LogP contribution in [-0.2, 0) is 13.0 Å². The van der Waals surface area contributed by atoms with Gasteiger partial charge in [-0.2, -0.15) is 5.10 Å². The first-order valence-corrected chi connectivity index (χ1v) is 7.03. The molecule has 108 valence electrons. The fraction of sp³-hybridized carbons (Fsp3) is 0.438. The van der Waals surface area contributed by atoms with E-state index >= 15 is 0 Å². The van der Waals surface area contributed by atoms with Gasteiger partial charge in [0.2, 0.25) is 0 Å². The average molecular weight is 275 g/mol. The molecule has 4 heteroatoms. The second-order valence-electron chi connectivity index (χ2n) is 5.34. The maximum absolute atomic E-state index is 12.8. The second-order valence-corrected chi connectivity index (χ2v) is 5.34. The molecular weight excluding hydrogens is 253 g/mol. The molecule has 0 bridgehead atoms. The molecule has 1 unspecified atom stereocenters. The van der Waals surface area contributed by atoms with Crippen LogP contribution in [-0.4, -0.2) is 22.4 Å². The lowest BCUT2D eigenvalue weighted by molar-refractivity contribution is 0.447. The van der Waals surface area contributed by atoms with E-state index in [4.69, 9.17) is 0 Å². The van der Waals surface area contributed by atoms with Gasteiger partial charge in [-0.1, -0.05) is 12.1 Å². The summed E-state index contributed by atoms with van der Waals surface area (Å²) in [6, 6.07) is 9.13. The summed E-state index contributed by atoms with van der Waals surface area (Å²) in [5.74, 6) is -0.181. The van der Waals surface area contributed by atoms with Crippen molar-refractivity contribution in [2.45, 2.75) is 39.8 Å². The number of aromatic nitrogens is 2. The van der Waals surface area contributed by atoms with Crippen LogP contribution in [0.2, 0.25) is 0 Å². The molecule has 0 amide bonds. The van der Waals surface area contributed by atoms with E-state index in [0.29, 0.717) is 6.04 Å². The van der Waals surface area contributed by atoms with Crippen molar-refractivity contribution < 1.29 is 4.39 Å². The third kappa shape index (κ3) is 4.17. The van der Waals surface area contributed by atoms with Crippen molar-refractivity contribution in [3.05, 3.63) is 53.1 Å². The van der Waals surface area contributed by atoms with E-state index in [-0.39, 0.29) is 5.82 Å². The molecule has 0 spiro atoms. The summed E-state index contributed by atoms with van der Waals surface area (Å²) in [5.41, 5.74) is 3.40. The number of benzene rings is 1. The molecule has 3 nitrogen and oxygen atoms in total. The molecule has 0 aliphatic rings. The second kappa shape index (κ2) is 6.66. The highest BCUT2D eigenvalue weighted by molar-refractivity contribution is 5.16. The van der Waals surface area contributed by atoms with Crippen molar-refractivity contribution in [2.24, 2.45) is 0 Å². The van der Waals surface area contributed by atoms with Crippen molar-refractivity contribution in [3.8, 4) is 0 Å². The standard InChI is InChI=1S/C16H22FN3/c1-12-10-14(3)20(19-12)11-13(2)18-9-8-15-4-6-16(17)7-5-15/h4-7,10,13,18H,8-9,11H2,1-3H3. The highest BCUT2D eigenvalue weighted by Crippen LogP contribution is 2.04. The first-order chi connectivity index (χ1) is 9.54. The predicted molar refractivity (Wildman–Crippen MR) is 79.3 cm³/mol. The molecule has 20 heavy (non-hydrogen) atoms. The quantitative estimate of drug-likeness (QED) is 0.878. The van der Waals surface area contributed by atoms with Gasteiger partial charge in [-0.15, -0.1) is 0 Å². The smallest absolute Gasteiger partial charge is 0.123 e. The molecule has 1 atom stereocenters. The Morgan fingerprint density at radius 3 is 2.55 bits per heavy atom. The van der Waals surface area contributed by atoms with Crippen molar-refractivity contribution in [2.75, 3.05) is 6.54 Å². The van der Waals surface area contributed by atoms with Gasteiger partial charge in [0.15, 0.2) is 0 Å². The van der Waals surface area contributed by atoms with Crippen LogP contribution in [0.5, 0.6) is 0 Å². The third-order valence-corrected chi connectivity index (χ3v) is 3.37. The number of hydrogen-bond donors (Lipinski definition) is 1. The van der Waals surface area contributed by atoms with Gasteiger partial charge < -0.3 is 5.32 Å². The lowest BCUT2D eigenvalue weighted by atomic mass is 10.1. The number of hydrogen-bond acceptors (Lipinski definition) is 2. The van der Waals surface area contributed by atoms with E-state index in [1.165, 1.54) is 17.8 Å². The number of nitrogens with zero attached hydrogens (tertiary/aromatic N) is 2. The Kier molecular flexibility index (Phi) is 4.90. The highest BCUT2D eigenvalue weighted by atomic mass is 19.1. The molecule has 0 radical (unpaired) electrons. The Morgan fingerprint density at radius 2 is 1.95 bits per heavy atom. The molecule has 1 aromatic heterocycles. The summed E-state index contributed by atoms with van der Waals surface area (Å²) >= 11 is 0. The summed E-state index contributed by atoms with van der Waals surface area (Å²) in [5, 5.41) is 7.94. The number of aryl methyl sites for hydroxylation is 2. The molecule has 2 rings (SSSR count). The van der Waals surface area contributed by atoms with Gasteiger partial charge in [0.25, 0.3) is 0 Å². The summed E-state index contributed by atoms with van der Waals surface area (Å²) in [6.07, 6.45) is 0.905. The van der Waals surface area contributed by atoms with Crippen LogP contribution in [0.1, 0.15) is 23.9 Å². The van der Waals surface area contributed by atoms with Gasteiger partial charge in [0.05, 0.1) is 12.2 Å². The van der Waals surface area contributed by atoms with Crippen molar-refractivity contribution >= 4 is 0 Å². The largest absolute Gasteiger partial charge is 0.312 e. The Hall–Kier alpha value is -1.68. The van der Waals surface area contributed by atoms with Crippen LogP contribution in [0.15, 0.2) is 30.3 Å². The van der Waals surface area contributed by atoms with Gasteiger partial charge in [-0.25, -0.2) is 4.39 Å². The van der Waals surface area contributed by atoms with Crippen molar-refractivity contribution in [3.63, 3.8) is 0 Å². The predicted octanol–water partition coefficient (Wildman–Crippen LogP) is 2.86. The first-order valence-electron chi connectivity index (χ1n) is 7.03. The van der Waals surface area contributed by atoms with Crippen LogP contribution in [0, 0.1) is 19.7 Å². The van der Waals surface area contributed by atoms with Crippen molar-refractivity contribution in [1.29, 1.82) is 0 Å². The Labute approximate surface area is 119 Å². The lowest BCUT2D eigenvalue weighted by Gasteiger charge is -2.15. The summed E-state index contributed by atoms with van der Waals surface area (Å²) in [4.78, 5) is 0. The average Bonchev–Trinajstić information content (AvgIpc) is 2.70. The topological polar surface area (TPSA) is 29.9 Å². The van der Waals surface area contributed by atoms with Gasteiger partial charge in [0.1, 0.15) is 5.82 Å². The van der Waals surface area contributed by atoms with E-state index in [1.807, 2.05) is 23.7 Å². The fourth-order valence-electron chi connectivity index (χ4n) is 2.30. The number of nitrogens with one attached hydrogen (secondary N) is 1. The first kappa shape index (κ1) is 14.7. The minimum absolute atomic E-state index is 0.181. The summed E-state index contributed by atoms with van der Waals surface area (Å²) in [7, 11) is 0. The van der Waals surface area contributed by atoms with Crippen LogP contribution >= 0.6 is 0 Å². The summed E-state index contributed by atoms with van der Waals surface area (Å²) in [6.45, 7) is 7.98. The maximum atomic E-state index is 12.8. The van der Waals surface area contributed by atoms with Crippen LogP contribution in [0.4, 0.5) is 4.39 Å². The van der Waals surface area contributed by atoms with Gasteiger partial charge in [-0.3, -0.25) is 4.68 Å². The zero-order chi connectivity index (χ0) is 14.5.